The fourth-order valence-electron chi connectivity index (χ4n) is 1.20. The molecule has 2 atom stereocenters. The van der Waals surface area contributed by atoms with Crippen molar-refractivity contribution in [1.82, 2.24) is 10.6 Å². The van der Waals surface area contributed by atoms with Crippen LogP contribution in [-0.4, -0.2) is 35.6 Å². The minimum atomic E-state index is -0.938. The molecule has 4 N–H and O–H groups in total. The molecule has 16 heavy (non-hydrogen) atoms. The molecular weight excluding hydrogens is 214 g/mol. The van der Waals surface area contributed by atoms with Gasteiger partial charge in [-0.15, -0.1) is 0 Å². The predicted molar refractivity (Wildman–Crippen MR) is 54.3 cm³/mol. The van der Waals surface area contributed by atoms with Gasteiger partial charge in [0, 0.05) is 0 Å². The molecule has 0 radical (unpaired) electrons. The predicted octanol–water partition coefficient (Wildman–Crippen LogP) is -1.14. The first-order chi connectivity index (χ1) is 7.20. The molecule has 0 unspecified atom stereocenters. The maximum atomic E-state index is 11.3. The van der Waals surface area contributed by atoms with Gasteiger partial charge in [0.15, 0.2) is 0 Å². The molecule has 1 fully saturated rings. The summed E-state index contributed by atoms with van der Waals surface area (Å²) in [6.45, 7) is 5.08. The molecule has 0 saturated carbocycles. The average molecular weight is 229 g/mol. The molecule has 7 nitrogen and oxygen atoms in total. The van der Waals surface area contributed by atoms with Gasteiger partial charge in [0.2, 0.25) is 11.8 Å². The molecule has 0 spiro atoms. The highest BCUT2D eigenvalue weighted by Crippen LogP contribution is 2.10. The highest BCUT2D eigenvalue weighted by Gasteiger charge is 2.44. The summed E-state index contributed by atoms with van der Waals surface area (Å²) >= 11 is 0. The minimum absolute atomic E-state index is 0.449. The quantitative estimate of drug-likeness (QED) is 0.520. The number of hydrogen-bond acceptors (Lipinski definition) is 4. The Morgan fingerprint density at radius 3 is 2.38 bits per heavy atom. The third-order valence-electron chi connectivity index (χ3n) is 1.89. The van der Waals surface area contributed by atoms with E-state index in [0.717, 1.165) is 0 Å². The van der Waals surface area contributed by atoms with Crippen LogP contribution in [-0.2, 0) is 14.3 Å². The van der Waals surface area contributed by atoms with E-state index in [2.05, 4.69) is 10.6 Å². The molecule has 0 aliphatic carbocycles. The highest BCUT2D eigenvalue weighted by atomic mass is 16.6. The standard InChI is InChI=1S/C9H15N3O4/c1-9(2,3)16-8(15)12-5-4(6(10)13)11-7(5)14/h4-5H,1-3H3,(H2,10,13)(H,11,14)(H,12,15)/t4-,5-/m0/s1. The molecule has 3 amide bonds. The van der Waals surface area contributed by atoms with E-state index in [0.29, 0.717) is 0 Å². The van der Waals surface area contributed by atoms with Crippen LogP contribution in [0.2, 0.25) is 0 Å². The highest BCUT2D eigenvalue weighted by molar-refractivity contribution is 6.02. The van der Waals surface area contributed by atoms with Crippen LogP contribution in [0.3, 0.4) is 0 Å². The monoisotopic (exact) mass is 229 g/mol. The molecule has 1 aliphatic heterocycles. The fraction of sp³-hybridized carbons (Fsp3) is 0.667. The van der Waals surface area contributed by atoms with Crippen molar-refractivity contribution in [2.45, 2.75) is 38.5 Å². The number of ether oxygens (including phenoxy) is 1. The molecule has 0 aromatic carbocycles. The second-order valence-electron chi connectivity index (χ2n) is 4.51. The van der Waals surface area contributed by atoms with Crippen molar-refractivity contribution in [1.29, 1.82) is 0 Å². The van der Waals surface area contributed by atoms with E-state index < -0.39 is 35.6 Å². The van der Waals surface area contributed by atoms with E-state index in [1.54, 1.807) is 20.8 Å². The van der Waals surface area contributed by atoms with E-state index in [-0.39, 0.29) is 0 Å². The smallest absolute Gasteiger partial charge is 0.408 e. The molecule has 1 rings (SSSR count). The van der Waals surface area contributed by atoms with Crippen molar-refractivity contribution < 1.29 is 19.1 Å². The molecule has 0 aromatic heterocycles. The summed E-state index contributed by atoms with van der Waals surface area (Å²) in [6.07, 6.45) is -0.751. The van der Waals surface area contributed by atoms with E-state index >= 15 is 0 Å². The maximum absolute atomic E-state index is 11.3. The van der Waals surface area contributed by atoms with Crippen LogP contribution in [0.5, 0.6) is 0 Å². The summed E-state index contributed by atoms with van der Waals surface area (Å²) in [4.78, 5) is 33.2. The van der Waals surface area contributed by atoms with Gasteiger partial charge in [0.25, 0.3) is 0 Å². The van der Waals surface area contributed by atoms with Crippen LogP contribution in [0.15, 0.2) is 0 Å². The van der Waals surface area contributed by atoms with Crippen molar-refractivity contribution in [3.05, 3.63) is 0 Å². The Labute approximate surface area is 92.7 Å². The number of hydrogen-bond donors (Lipinski definition) is 3. The van der Waals surface area contributed by atoms with Crippen LogP contribution in [0.25, 0.3) is 0 Å². The van der Waals surface area contributed by atoms with E-state index in [1.165, 1.54) is 0 Å². The van der Waals surface area contributed by atoms with Gasteiger partial charge >= 0.3 is 6.09 Å². The maximum Gasteiger partial charge on any atom is 0.408 e. The topological polar surface area (TPSA) is 111 Å². The van der Waals surface area contributed by atoms with Crippen LogP contribution in [0.1, 0.15) is 20.8 Å². The van der Waals surface area contributed by atoms with Gasteiger partial charge in [-0.2, -0.15) is 0 Å². The number of primary amides is 1. The lowest BCUT2D eigenvalue weighted by molar-refractivity contribution is -0.138. The summed E-state index contributed by atoms with van der Waals surface area (Å²) in [6, 6.07) is -1.80. The summed E-state index contributed by atoms with van der Waals surface area (Å²) < 4.78 is 4.94. The number of alkyl carbamates (subject to hydrolysis) is 1. The number of amides is 3. The second kappa shape index (κ2) is 3.99. The Bertz CT molecular complexity index is 334. The zero-order valence-electron chi connectivity index (χ0n) is 9.37. The first kappa shape index (κ1) is 12.3. The SMILES string of the molecule is CC(C)(C)OC(=O)N[C@@H]1C(=O)N[C@@H]1C(N)=O. The number of rotatable bonds is 2. The molecule has 7 heteroatoms. The lowest BCUT2D eigenvalue weighted by Gasteiger charge is -2.34. The molecular formula is C9H15N3O4. The number of carbonyl (C=O) groups is 3. The van der Waals surface area contributed by atoms with Gasteiger partial charge in [0.1, 0.15) is 17.7 Å². The van der Waals surface area contributed by atoms with Crippen molar-refractivity contribution in [2.24, 2.45) is 5.73 Å². The lowest BCUT2D eigenvalue weighted by atomic mass is 9.99. The summed E-state index contributed by atoms with van der Waals surface area (Å²) in [5, 5.41) is 4.56. The number of β-lactam (4-membered cyclic amide) rings is 1. The van der Waals surface area contributed by atoms with Gasteiger partial charge in [0.05, 0.1) is 0 Å². The summed E-state index contributed by atoms with van der Waals surface area (Å²) in [7, 11) is 0. The molecule has 1 heterocycles. The van der Waals surface area contributed by atoms with Gasteiger partial charge in [-0.3, -0.25) is 9.59 Å². The van der Waals surface area contributed by atoms with E-state index in [9.17, 15) is 14.4 Å². The third kappa shape index (κ3) is 2.85. The molecule has 0 aromatic rings. The Hall–Kier alpha value is -1.79. The van der Waals surface area contributed by atoms with Gasteiger partial charge < -0.3 is 21.1 Å². The van der Waals surface area contributed by atoms with Gasteiger partial charge in [-0.25, -0.2) is 4.79 Å². The zero-order chi connectivity index (χ0) is 12.5. The van der Waals surface area contributed by atoms with Crippen molar-refractivity contribution in [3.63, 3.8) is 0 Å². The molecule has 1 saturated heterocycles. The Morgan fingerprint density at radius 2 is 2.00 bits per heavy atom. The van der Waals surface area contributed by atoms with E-state index in [4.69, 9.17) is 10.5 Å². The van der Waals surface area contributed by atoms with Crippen molar-refractivity contribution in [2.75, 3.05) is 0 Å². The molecule has 90 valence electrons. The Kier molecular flexibility index (Phi) is 3.06. The largest absolute Gasteiger partial charge is 0.444 e. The van der Waals surface area contributed by atoms with Crippen molar-refractivity contribution >= 4 is 17.9 Å². The number of nitrogens with one attached hydrogen (secondary N) is 2. The van der Waals surface area contributed by atoms with Crippen LogP contribution >= 0.6 is 0 Å². The summed E-state index contributed by atoms with van der Waals surface area (Å²) in [5.74, 6) is -1.14. The Balaban J connectivity index is 2.51. The minimum Gasteiger partial charge on any atom is -0.444 e. The average Bonchev–Trinajstić information content (AvgIpc) is 2.07. The zero-order valence-corrected chi connectivity index (χ0v) is 9.37. The van der Waals surface area contributed by atoms with Gasteiger partial charge in [-0.05, 0) is 20.8 Å². The normalized spacial score (nSPS) is 24.1. The number of nitrogens with two attached hydrogens (primary N) is 1. The second-order valence-corrected chi connectivity index (χ2v) is 4.51. The van der Waals surface area contributed by atoms with Crippen LogP contribution in [0, 0.1) is 0 Å². The van der Waals surface area contributed by atoms with Crippen LogP contribution in [0.4, 0.5) is 4.79 Å². The first-order valence-electron chi connectivity index (χ1n) is 4.80. The van der Waals surface area contributed by atoms with Gasteiger partial charge in [-0.1, -0.05) is 0 Å². The van der Waals surface area contributed by atoms with Crippen molar-refractivity contribution in [3.8, 4) is 0 Å². The number of carbonyl (C=O) groups excluding carboxylic acids is 3. The van der Waals surface area contributed by atoms with E-state index in [1.807, 2.05) is 0 Å². The molecule has 1 aliphatic rings. The third-order valence-corrected chi connectivity index (χ3v) is 1.89. The first-order valence-corrected chi connectivity index (χ1v) is 4.80. The Morgan fingerprint density at radius 1 is 1.44 bits per heavy atom. The fourth-order valence-corrected chi connectivity index (χ4v) is 1.20. The lowest BCUT2D eigenvalue weighted by Crippen LogP contribution is -2.73. The molecule has 0 bridgehead atoms. The summed E-state index contributed by atoms with van der Waals surface area (Å²) in [5.41, 5.74) is 4.35. The van der Waals surface area contributed by atoms with Crippen LogP contribution < -0.4 is 16.4 Å².